The minimum absolute atomic E-state index is 0.347. The molecule has 0 aromatic carbocycles. The molecular formula is C10H15N3O2. The highest BCUT2D eigenvalue weighted by Gasteiger charge is 2.00. The fraction of sp³-hybridized carbons (Fsp3) is 0.300. The standard InChI is InChI=1S/C6H11NO2.C4H4N2/c1-3-9-6(8)5(2)4-7;1-2-5-4-6-3-1/h4H,3,7H2,1-2H3;1-4H. The molecule has 1 rings (SSSR count). The van der Waals surface area contributed by atoms with Crippen LogP contribution in [0.3, 0.4) is 0 Å². The van der Waals surface area contributed by atoms with E-state index < -0.39 is 0 Å². The van der Waals surface area contributed by atoms with E-state index in [1.807, 2.05) is 0 Å². The lowest BCUT2D eigenvalue weighted by atomic mass is 10.3. The first-order chi connectivity index (χ1) is 7.22. The summed E-state index contributed by atoms with van der Waals surface area (Å²) in [5, 5.41) is 0. The average molecular weight is 209 g/mol. The second-order valence-electron chi connectivity index (χ2n) is 2.47. The van der Waals surface area contributed by atoms with Gasteiger partial charge in [0.15, 0.2) is 0 Å². The lowest BCUT2D eigenvalue weighted by molar-refractivity contribution is -0.138. The van der Waals surface area contributed by atoms with Gasteiger partial charge in [-0.2, -0.15) is 0 Å². The molecular weight excluding hydrogens is 194 g/mol. The van der Waals surface area contributed by atoms with Crippen LogP contribution >= 0.6 is 0 Å². The Morgan fingerprint density at radius 3 is 2.33 bits per heavy atom. The summed E-state index contributed by atoms with van der Waals surface area (Å²) in [5.74, 6) is -0.347. The van der Waals surface area contributed by atoms with Crippen LogP contribution in [0.5, 0.6) is 0 Å². The maximum Gasteiger partial charge on any atom is 0.335 e. The number of nitrogens with two attached hydrogens (primary N) is 1. The number of ether oxygens (including phenoxy) is 1. The first-order valence-corrected chi connectivity index (χ1v) is 4.48. The second-order valence-corrected chi connectivity index (χ2v) is 2.47. The number of hydrogen-bond donors (Lipinski definition) is 1. The van der Waals surface area contributed by atoms with E-state index in [0.29, 0.717) is 12.2 Å². The normalized spacial score (nSPS) is 9.87. The number of aromatic nitrogens is 2. The van der Waals surface area contributed by atoms with Crippen LogP contribution in [0.15, 0.2) is 36.6 Å². The van der Waals surface area contributed by atoms with Crippen LogP contribution in [0.25, 0.3) is 0 Å². The number of hydrogen-bond acceptors (Lipinski definition) is 5. The Morgan fingerprint density at radius 1 is 1.47 bits per heavy atom. The fourth-order valence-corrected chi connectivity index (χ4v) is 0.566. The van der Waals surface area contributed by atoms with Crippen LogP contribution in [0.4, 0.5) is 0 Å². The van der Waals surface area contributed by atoms with Crippen molar-refractivity contribution in [1.29, 1.82) is 0 Å². The summed E-state index contributed by atoms with van der Waals surface area (Å²) >= 11 is 0. The van der Waals surface area contributed by atoms with Crippen molar-refractivity contribution in [1.82, 2.24) is 9.97 Å². The molecule has 0 amide bonds. The molecule has 0 aliphatic carbocycles. The molecule has 0 unspecified atom stereocenters. The monoisotopic (exact) mass is 209 g/mol. The third-order valence-electron chi connectivity index (χ3n) is 1.33. The molecule has 0 aliphatic heterocycles. The van der Waals surface area contributed by atoms with Crippen LogP contribution in [0, 0.1) is 0 Å². The number of esters is 1. The van der Waals surface area contributed by atoms with Crippen molar-refractivity contribution < 1.29 is 9.53 Å². The van der Waals surface area contributed by atoms with Crippen LogP contribution < -0.4 is 5.73 Å². The first kappa shape index (κ1) is 13.1. The SMILES string of the molecule is CCOC(=O)C(C)=CN.c1cncnc1. The van der Waals surface area contributed by atoms with Gasteiger partial charge in [0, 0.05) is 24.2 Å². The molecule has 0 fully saturated rings. The molecule has 1 heterocycles. The maximum absolute atomic E-state index is 10.6. The van der Waals surface area contributed by atoms with Gasteiger partial charge in [-0.15, -0.1) is 0 Å². The van der Waals surface area contributed by atoms with E-state index in [2.05, 4.69) is 14.7 Å². The lowest BCUT2D eigenvalue weighted by Gasteiger charge is -1.98. The number of rotatable bonds is 2. The molecule has 0 saturated heterocycles. The van der Waals surface area contributed by atoms with Gasteiger partial charge < -0.3 is 10.5 Å². The van der Waals surface area contributed by atoms with E-state index in [9.17, 15) is 4.79 Å². The van der Waals surface area contributed by atoms with Gasteiger partial charge in [-0.25, -0.2) is 14.8 Å². The Kier molecular flexibility index (Phi) is 7.57. The average Bonchev–Trinajstić information content (AvgIpc) is 2.31. The Morgan fingerprint density at radius 2 is 2.07 bits per heavy atom. The van der Waals surface area contributed by atoms with E-state index in [-0.39, 0.29) is 5.97 Å². The fourth-order valence-electron chi connectivity index (χ4n) is 0.566. The Hall–Kier alpha value is -1.91. The summed E-state index contributed by atoms with van der Waals surface area (Å²) in [6.07, 6.45) is 6.11. The van der Waals surface area contributed by atoms with E-state index in [1.165, 1.54) is 12.5 Å². The molecule has 2 N–H and O–H groups in total. The molecule has 1 aromatic rings. The Balaban J connectivity index is 0.000000280. The van der Waals surface area contributed by atoms with Crippen molar-refractivity contribution in [2.45, 2.75) is 13.8 Å². The summed E-state index contributed by atoms with van der Waals surface area (Å²) in [5.41, 5.74) is 5.48. The smallest absolute Gasteiger partial charge is 0.335 e. The van der Waals surface area contributed by atoms with Gasteiger partial charge in [0.2, 0.25) is 0 Å². The van der Waals surface area contributed by atoms with Crippen molar-refractivity contribution in [3.05, 3.63) is 36.6 Å². The summed E-state index contributed by atoms with van der Waals surface area (Å²) in [7, 11) is 0. The van der Waals surface area contributed by atoms with E-state index in [4.69, 9.17) is 5.73 Å². The van der Waals surface area contributed by atoms with Gasteiger partial charge in [0.25, 0.3) is 0 Å². The van der Waals surface area contributed by atoms with Crippen LogP contribution in [0.2, 0.25) is 0 Å². The zero-order valence-electron chi connectivity index (χ0n) is 8.88. The molecule has 0 atom stereocenters. The van der Waals surface area contributed by atoms with E-state index >= 15 is 0 Å². The summed E-state index contributed by atoms with van der Waals surface area (Å²) in [6, 6.07) is 1.78. The number of nitrogens with zero attached hydrogens (tertiary/aromatic N) is 2. The quantitative estimate of drug-likeness (QED) is 0.578. The number of carbonyl (C=O) groups excluding carboxylic acids is 1. The zero-order valence-corrected chi connectivity index (χ0v) is 8.88. The molecule has 82 valence electrons. The topological polar surface area (TPSA) is 78.1 Å². The van der Waals surface area contributed by atoms with Crippen molar-refractivity contribution in [3.63, 3.8) is 0 Å². The largest absolute Gasteiger partial charge is 0.463 e. The van der Waals surface area contributed by atoms with E-state index in [0.717, 1.165) is 0 Å². The van der Waals surface area contributed by atoms with Crippen LogP contribution in [-0.2, 0) is 9.53 Å². The highest BCUT2D eigenvalue weighted by molar-refractivity contribution is 5.87. The Labute approximate surface area is 89.0 Å². The van der Waals surface area contributed by atoms with E-state index in [1.54, 1.807) is 32.3 Å². The summed E-state index contributed by atoms with van der Waals surface area (Å²) < 4.78 is 4.61. The minimum Gasteiger partial charge on any atom is -0.463 e. The van der Waals surface area contributed by atoms with Gasteiger partial charge in [-0.1, -0.05) is 0 Å². The first-order valence-electron chi connectivity index (χ1n) is 4.48. The second kappa shape index (κ2) is 8.68. The molecule has 0 bridgehead atoms. The highest BCUT2D eigenvalue weighted by Crippen LogP contribution is 1.91. The molecule has 5 nitrogen and oxygen atoms in total. The molecule has 5 heteroatoms. The van der Waals surface area contributed by atoms with Gasteiger partial charge >= 0.3 is 5.97 Å². The predicted molar refractivity (Wildman–Crippen MR) is 56.6 cm³/mol. The molecule has 0 aliphatic rings. The molecule has 0 saturated carbocycles. The Bertz CT molecular complexity index is 272. The van der Waals surface area contributed by atoms with Gasteiger partial charge in [0.1, 0.15) is 6.33 Å². The number of carbonyl (C=O) groups is 1. The van der Waals surface area contributed by atoms with Crippen LogP contribution in [0.1, 0.15) is 13.8 Å². The van der Waals surface area contributed by atoms with Crippen LogP contribution in [-0.4, -0.2) is 22.5 Å². The summed E-state index contributed by atoms with van der Waals surface area (Å²) in [6.45, 7) is 3.75. The van der Waals surface area contributed by atoms with Crippen molar-refractivity contribution in [2.75, 3.05) is 6.61 Å². The van der Waals surface area contributed by atoms with Gasteiger partial charge in [-0.05, 0) is 19.9 Å². The molecule has 1 aromatic heterocycles. The minimum atomic E-state index is -0.347. The molecule has 15 heavy (non-hydrogen) atoms. The zero-order chi connectivity index (χ0) is 11.5. The lowest BCUT2D eigenvalue weighted by Crippen LogP contribution is -2.06. The highest BCUT2D eigenvalue weighted by atomic mass is 16.5. The van der Waals surface area contributed by atoms with Crippen molar-refractivity contribution in [2.24, 2.45) is 5.73 Å². The predicted octanol–water partition coefficient (Wildman–Crippen LogP) is 0.889. The molecule has 0 spiro atoms. The third kappa shape index (κ3) is 7.18. The van der Waals surface area contributed by atoms with Gasteiger partial charge in [-0.3, -0.25) is 0 Å². The summed E-state index contributed by atoms with van der Waals surface area (Å²) in [4.78, 5) is 18.0. The van der Waals surface area contributed by atoms with Crippen molar-refractivity contribution in [3.8, 4) is 0 Å². The van der Waals surface area contributed by atoms with Gasteiger partial charge in [0.05, 0.1) is 6.61 Å². The molecule has 0 radical (unpaired) electrons. The third-order valence-corrected chi connectivity index (χ3v) is 1.33. The van der Waals surface area contributed by atoms with Crippen molar-refractivity contribution >= 4 is 5.97 Å². The maximum atomic E-state index is 10.6.